The smallest absolute Gasteiger partial charge is 0.206 e. The summed E-state index contributed by atoms with van der Waals surface area (Å²) in [5, 5.41) is 0. The number of hydrogen-bond acceptors (Lipinski definition) is 2. The molecule has 0 aliphatic rings. The Morgan fingerprint density at radius 2 is 1.80 bits per heavy atom. The van der Waals surface area contributed by atoms with Gasteiger partial charge in [-0.25, -0.2) is 8.42 Å². The zero-order valence-electron chi connectivity index (χ0n) is 8.90. The molecule has 0 aromatic heterocycles. The van der Waals surface area contributed by atoms with Crippen LogP contribution >= 0.6 is 0 Å². The molecule has 80 valence electrons. The molecule has 0 amide bonds. The molecule has 15 heavy (non-hydrogen) atoms. The SMILES string of the molecule is C=C/C(=C\C)S(=O)(=O)c1ccc(C)cc1. The van der Waals surface area contributed by atoms with Crippen molar-refractivity contribution in [1.82, 2.24) is 0 Å². The van der Waals surface area contributed by atoms with E-state index in [-0.39, 0.29) is 4.91 Å². The predicted octanol–water partition coefficient (Wildman–Crippen LogP) is 2.86. The largest absolute Gasteiger partial charge is 0.219 e. The second-order valence-electron chi connectivity index (χ2n) is 3.21. The second kappa shape index (κ2) is 4.45. The third-order valence-electron chi connectivity index (χ3n) is 2.13. The van der Waals surface area contributed by atoms with Crippen LogP contribution in [0, 0.1) is 6.92 Å². The van der Waals surface area contributed by atoms with Crippen molar-refractivity contribution in [3.05, 3.63) is 53.5 Å². The summed E-state index contributed by atoms with van der Waals surface area (Å²) < 4.78 is 23.9. The zero-order valence-corrected chi connectivity index (χ0v) is 9.71. The Hall–Kier alpha value is -1.35. The summed E-state index contributed by atoms with van der Waals surface area (Å²) in [6.07, 6.45) is 2.90. The minimum Gasteiger partial charge on any atom is -0.219 e. The van der Waals surface area contributed by atoms with E-state index >= 15 is 0 Å². The second-order valence-corrected chi connectivity index (χ2v) is 5.16. The molecule has 0 heterocycles. The van der Waals surface area contributed by atoms with Crippen LogP contribution in [-0.4, -0.2) is 8.42 Å². The zero-order chi connectivity index (χ0) is 11.5. The van der Waals surface area contributed by atoms with E-state index in [2.05, 4.69) is 6.58 Å². The highest BCUT2D eigenvalue weighted by atomic mass is 32.2. The van der Waals surface area contributed by atoms with E-state index in [1.54, 1.807) is 37.3 Å². The molecular weight excluding hydrogens is 208 g/mol. The standard InChI is InChI=1S/C12H14O2S/c1-4-11(5-2)15(13,14)12-8-6-10(3)7-9-12/h4-9H,1H2,2-3H3/b11-5+. The van der Waals surface area contributed by atoms with Crippen molar-refractivity contribution in [2.75, 3.05) is 0 Å². The van der Waals surface area contributed by atoms with Gasteiger partial charge in [0, 0.05) is 0 Å². The molecular formula is C12H14O2S. The first-order valence-electron chi connectivity index (χ1n) is 4.63. The lowest BCUT2D eigenvalue weighted by molar-refractivity contribution is 0.603. The maximum Gasteiger partial charge on any atom is 0.206 e. The van der Waals surface area contributed by atoms with Crippen LogP contribution in [-0.2, 0) is 9.84 Å². The predicted molar refractivity (Wildman–Crippen MR) is 62.3 cm³/mol. The monoisotopic (exact) mass is 222 g/mol. The lowest BCUT2D eigenvalue weighted by atomic mass is 10.2. The highest BCUT2D eigenvalue weighted by Gasteiger charge is 2.16. The molecule has 0 bridgehead atoms. The van der Waals surface area contributed by atoms with Crippen molar-refractivity contribution in [1.29, 1.82) is 0 Å². The first-order chi connectivity index (χ1) is 7.02. The van der Waals surface area contributed by atoms with Gasteiger partial charge in [-0.15, -0.1) is 0 Å². The van der Waals surface area contributed by atoms with E-state index in [9.17, 15) is 8.42 Å². The quantitative estimate of drug-likeness (QED) is 0.737. The van der Waals surface area contributed by atoms with Crippen molar-refractivity contribution in [3.63, 3.8) is 0 Å². The molecule has 1 aromatic rings. The molecule has 1 rings (SSSR count). The summed E-state index contributed by atoms with van der Waals surface area (Å²) in [7, 11) is -3.37. The molecule has 3 heteroatoms. The van der Waals surface area contributed by atoms with Gasteiger partial charge in [0.2, 0.25) is 9.84 Å². The fourth-order valence-electron chi connectivity index (χ4n) is 1.24. The van der Waals surface area contributed by atoms with Crippen LogP contribution in [0.2, 0.25) is 0 Å². The Labute approximate surface area is 90.9 Å². The molecule has 0 saturated carbocycles. The van der Waals surface area contributed by atoms with E-state index in [0.29, 0.717) is 4.90 Å². The molecule has 1 aromatic carbocycles. The summed E-state index contributed by atoms with van der Waals surface area (Å²) in [4.78, 5) is 0.549. The molecule has 0 fully saturated rings. The molecule has 2 nitrogen and oxygen atoms in total. The molecule has 0 N–H and O–H groups in total. The lowest BCUT2D eigenvalue weighted by Gasteiger charge is -2.04. The Bertz CT molecular complexity index is 479. The molecule has 0 atom stereocenters. The molecule has 0 aliphatic carbocycles. The van der Waals surface area contributed by atoms with Gasteiger partial charge in [0.1, 0.15) is 0 Å². The third-order valence-corrected chi connectivity index (χ3v) is 4.04. The molecule has 0 aliphatic heterocycles. The van der Waals surface area contributed by atoms with Crippen LogP contribution in [0.15, 0.2) is 52.8 Å². The van der Waals surface area contributed by atoms with E-state index in [0.717, 1.165) is 5.56 Å². The number of aryl methyl sites for hydroxylation is 1. The Balaban J connectivity index is 3.29. The van der Waals surface area contributed by atoms with Gasteiger partial charge in [0.25, 0.3) is 0 Å². The summed E-state index contributed by atoms with van der Waals surface area (Å²) >= 11 is 0. The van der Waals surface area contributed by atoms with Crippen LogP contribution in [0.4, 0.5) is 0 Å². The molecule has 0 radical (unpaired) electrons. The maximum absolute atomic E-state index is 12.0. The Kier molecular flexibility index (Phi) is 3.48. The minimum atomic E-state index is -3.37. The van der Waals surface area contributed by atoms with Gasteiger partial charge in [-0.05, 0) is 26.0 Å². The van der Waals surface area contributed by atoms with Crippen LogP contribution in [0.5, 0.6) is 0 Å². The average molecular weight is 222 g/mol. The first-order valence-corrected chi connectivity index (χ1v) is 6.11. The average Bonchev–Trinajstić information content (AvgIpc) is 2.19. The number of hydrogen-bond donors (Lipinski definition) is 0. The van der Waals surface area contributed by atoms with Crippen LogP contribution in [0.1, 0.15) is 12.5 Å². The van der Waals surface area contributed by atoms with Gasteiger partial charge in [0.05, 0.1) is 9.80 Å². The third kappa shape index (κ3) is 2.36. The van der Waals surface area contributed by atoms with E-state index < -0.39 is 9.84 Å². The topological polar surface area (TPSA) is 34.1 Å². The lowest BCUT2D eigenvalue weighted by Crippen LogP contribution is -2.02. The summed E-state index contributed by atoms with van der Waals surface area (Å²) in [6, 6.07) is 6.78. The molecule has 0 saturated heterocycles. The van der Waals surface area contributed by atoms with Crippen molar-refractivity contribution in [3.8, 4) is 0 Å². The first kappa shape index (κ1) is 11.7. The normalized spacial score (nSPS) is 12.5. The van der Waals surface area contributed by atoms with Crippen LogP contribution in [0.3, 0.4) is 0 Å². The van der Waals surface area contributed by atoms with Crippen molar-refractivity contribution in [2.45, 2.75) is 18.7 Å². The van der Waals surface area contributed by atoms with Gasteiger partial charge in [-0.1, -0.05) is 36.4 Å². The molecule has 0 unspecified atom stereocenters. The van der Waals surface area contributed by atoms with Crippen molar-refractivity contribution >= 4 is 9.84 Å². The summed E-state index contributed by atoms with van der Waals surface area (Å²) in [6.45, 7) is 7.09. The van der Waals surface area contributed by atoms with E-state index in [1.807, 2.05) is 6.92 Å². The van der Waals surface area contributed by atoms with E-state index in [1.165, 1.54) is 6.08 Å². The fourth-order valence-corrected chi connectivity index (χ4v) is 2.53. The van der Waals surface area contributed by atoms with Gasteiger partial charge in [0.15, 0.2) is 0 Å². The van der Waals surface area contributed by atoms with Gasteiger partial charge in [-0.2, -0.15) is 0 Å². The molecule has 0 spiro atoms. The minimum absolute atomic E-state index is 0.242. The highest BCUT2D eigenvalue weighted by molar-refractivity contribution is 7.95. The summed E-state index contributed by atoms with van der Waals surface area (Å²) in [5.74, 6) is 0. The number of benzene rings is 1. The van der Waals surface area contributed by atoms with Gasteiger partial charge >= 0.3 is 0 Å². The van der Waals surface area contributed by atoms with E-state index in [4.69, 9.17) is 0 Å². The summed E-state index contributed by atoms with van der Waals surface area (Å²) in [5.41, 5.74) is 1.04. The van der Waals surface area contributed by atoms with Gasteiger partial charge in [-0.3, -0.25) is 0 Å². The Morgan fingerprint density at radius 1 is 1.27 bits per heavy atom. The fraction of sp³-hybridized carbons (Fsp3) is 0.167. The number of sulfone groups is 1. The maximum atomic E-state index is 12.0. The number of rotatable bonds is 3. The van der Waals surface area contributed by atoms with Gasteiger partial charge < -0.3 is 0 Å². The highest BCUT2D eigenvalue weighted by Crippen LogP contribution is 2.19. The Morgan fingerprint density at radius 3 is 2.20 bits per heavy atom. The van der Waals surface area contributed by atoms with Crippen LogP contribution < -0.4 is 0 Å². The van der Waals surface area contributed by atoms with Crippen molar-refractivity contribution < 1.29 is 8.42 Å². The van der Waals surface area contributed by atoms with Crippen molar-refractivity contribution in [2.24, 2.45) is 0 Å². The number of allylic oxidation sites excluding steroid dienone is 2. The van der Waals surface area contributed by atoms with Crippen LogP contribution in [0.25, 0.3) is 0 Å².